The summed E-state index contributed by atoms with van der Waals surface area (Å²) in [7, 11) is 4.11. The number of oxime groups is 1. The predicted molar refractivity (Wildman–Crippen MR) is 83.4 cm³/mol. The Morgan fingerprint density at radius 1 is 1.45 bits per heavy atom. The lowest BCUT2D eigenvalue weighted by Crippen LogP contribution is -2.46. The van der Waals surface area contributed by atoms with Gasteiger partial charge >= 0.3 is 0 Å². The smallest absolute Gasteiger partial charge is 0.170 e. The fourth-order valence-electron chi connectivity index (χ4n) is 1.57. The third kappa shape index (κ3) is 4.37. The molecule has 0 aliphatic rings. The number of amidine groups is 1. The van der Waals surface area contributed by atoms with E-state index in [1.807, 2.05) is 6.07 Å². The van der Waals surface area contributed by atoms with Crippen molar-refractivity contribution in [2.45, 2.75) is 25.9 Å². The lowest BCUT2D eigenvalue weighted by Gasteiger charge is -2.32. The van der Waals surface area contributed by atoms with Crippen molar-refractivity contribution in [3.63, 3.8) is 0 Å². The highest BCUT2D eigenvalue weighted by atomic mass is 35.5. The van der Waals surface area contributed by atoms with Crippen LogP contribution >= 0.6 is 11.6 Å². The molecule has 5 nitrogen and oxygen atoms in total. The second-order valence-corrected chi connectivity index (χ2v) is 6.01. The van der Waals surface area contributed by atoms with Crippen LogP contribution in [-0.2, 0) is 6.54 Å². The summed E-state index contributed by atoms with van der Waals surface area (Å²) >= 11 is 6.20. The molecule has 1 aromatic rings. The van der Waals surface area contributed by atoms with Gasteiger partial charge in [0.15, 0.2) is 5.84 Å². The monoisotopic (exact) mass is 298 g/mol. The zero-order chi connectivity index (χ0) is 15.3. The van der Waals surface area contributed by atoms with Gasteiger partial charge in [-0.3, -0.25) is 0 Å². The van der Waals surface area contributed by atoms with E-state index >= 15 is 0 Å². The quantitative estimate of drug-likeness (QED) is 0.324. The van der Waals surface area contributed by atoms with Gasteiger partial charge in [-0.25, -0.2) is 0 Å². The van der Waals surface area contributed by atoms with Crippen molar-refractivity contribution in [1.29, 1.82) is 0 Å². The Hall–Kier alpha value is -1.30. The molecular weight excluding hydrogens is 276 g/mol. The molecule has 0 aliphatic heterocycles. The molecule has 4 N–H and O–H groups in total. The van der Waals surface area contributed by atoms with E-state index in [0.29, 0.717) is 17.1 Å². The van der Waals surface area contributed by atoms with Gasteiger partial charge in [0.1, 0.15) is 0 Å². The first-order valence-corrected chi connectivity index (χ1v) is 6.80. The maximum absolute atomic E-state index is 8.63. The normalized spacial score (nSPS) is 13.0. The summed E-state index contributed by atoms with van der Waals surface area (Å²) in [4.78, 5) is 2.17. The van der Waals surface area contributed by atoms with E-state index in [0.717, 1.165) is 12.1 Å². The molecule has 0 bridgehead atoms. The van der Waals surface area contributed by atoms with Gasteiger partial charge in [-0.05, 0) is 39.6 Å². The average molecular weight is 299 g/mol. The topological polar surface area (TPSA) is 73.9 Å². The number of hydrogen-bond donors (Lipinski definition) is 3. The zero-order valence-corrected chi connectivity index (χ0v) is 13.2. The van der Waals surface area contributed by atoms with Gasteiger partial charge in [0, 0.05) is 29.2 Å². The van der Waals surface area contributed by atoms with Crippen molar-refractivity contribution in [2.24, 2.45) is 10.9 Å². The molecule has 0 atom stereocenters. The van der Waals surface area contributed by atoms with Crippen LogP contribution in [0.4, 0.5) is 0 Å². The molecule has 0 aromatic heterocycles. The Morgan fingerprint density at radius 2 is 2.10 bits per heavy atom. The Morgan fingerprint density at radius 3 is 2.60 bits per heavy atom. The molecule has 0 saturated carbocycles. The number of nitrogens with one attached hydrogen (secondary N) is 1. The predicted octanol–water partition coefficient (Wildman–Crippen LogP) is 1.86. The van der Waals surface area contributed by atoms with Crippen LogP contribution in [0.5, 0.6) is 0 Å². The minimum Gasteiger partial charge on any atom is -0.409 e. The van der Waals surface area contributed by atoms with Gasteiger partial charge in [-0.2, -0.15) is 0 Å². The number of rotatable bonds is 6. The first kappa shape index (κ1) is 16.8. The molecule has 0 spiro atoms. The van der Waals surface area contributed by atoms with E-state index in [1.54, 1.807) is 12.1 Å². The van der Waals surface area contributed by atoms with Crippen LogP contribution in [0, 0.1) is 0 Å². The molecule has 0 aliphatic carbocycles. The minimum atomic E-state index is 0.0557. The van der Waals surface area contributed by atoms with Gasteiger partial charge in [0.2, 0.25) is 0 Å². The van der Waals surface area contributed by atoms with E-state index in [-0.39, 0.29) is 11.4 Å². The third-order valence-corrected chi connectivity index (χ3v) is 3.89. The van der Waals surface area contributed by atoms with E-state index in [4.69, 9.17) is 22.5 Å². The molecule has 6 heteroatoms. The average Bonchev–Trinajstić information content (AvgIpc) is 2.39. The molecule has 0 amide bonds. The second kappa shape index (κ2) is 6.92. The third-order valence-electron chi connectivity index (χ3n) is 3.54. The van der Waals surface area contributed by atoms with Crippen LogP contribution in [0.15, 0.2) is 23.4 Å². The maximum Gasteiger partial charge on any atom is 0.170 e. The minimum absolute atomic E-state index is 0.0557. The molecule has 0 fully saturated rings. The SMILES string of the molecule is CN(C)C(C)(C)CNCc1ccc(/C(N)=N/O)cc1Cl. The van der Waals surface area contributed by atoms with Gasteiger partial charge in [-0.1, -0.05) is 28.9 Å². The summed E-state index contributed by atoms with van der Waals surface area (Å²) in [5.74, 6) is 0.0557. The molecular formula is C14H23ClN4O. The van der Waals surface area contributed by atoms with Crippen LogP contribution < -0.4 is 11.1 Å². The van der Waals surface area contributed by atoms with Crippen molar-refractivity contribution in [1.82, 2.24) is 10.2 Å². The molecule has 112 valence electrons. The van der Waals surface area contributed by atoms with Crippen molar-refractivity contribution < 1.29 is 5.21 Å². The van der Waals surface area contributed by atoms with E-state index in [9.17, 15) is 0 Å². The number of nitrogens with zero attached hydrogens (tertiary/aromatic N) is 2. The molecule has 0 radical (unpaired) electrons. The van der Waals surface area contributed by atoms with Gasteiger partial charge in [0.05, 0.1) is 0 Å². The molecule has 0 unspecified atom stereocenters. The summed E-state index contributed by atoms with van der Waals surface area (Å²) in [6, 6.07) is 5.37. The first-order valence-electron chi connectivity index (χ1n) is 6.42. The number of halogens is 1. The molecule has 1 rings (SSSR count). The Balaban J connectivity index is 2.66. The number of nitrogens with two attached hydrogens (primary N) is 1. The van der Waals surface area contributed by atoms with Crippen molar-refractivity contribution in [3.05, 3.63) is 34.3 Å². The highest BCUT2D eigenvalue weighted by Crippen LogP contribution is 2.18. The van der Waals surface area contributed by atoms with Gasteiger partial charge in [-0.15, -0.1) is 0 Å². The van der Waals surface area contributed by atoms with Crippen LogP contribution in [0.25, 0.3) is 0 Å². The highest BCUT2D eigenvalue weighted by molar-refractivity contribution is 6.31. The first-order chi connectivity index (χ1) is 9.27. The van der Waals surface area contributed by atoms with E-state index < -0.39 is 0 Å². The van der Waals surface area contributed by atoms with Gasteiger partial charge in [0.25, 0.3) is 0 Å². The lowest BCUT2D eigenvalue weighted by atomic mass is 10.0. The summed E-state index contributed by atoms with van der Waals surface area (Å²) in [6.45, 7) is 5.86. The summed E-state index contributed by atoms with van der Waals surface area (Å²) in [5, 5.41) is 15.6. The van der Waals surface area contributed by atoms with Crippen LogP contribution in [-0.4, -0.2) is 42.1 Å². The molecule has 0 saturated heterocycles. The molecule has 0 heterocycles. The Labute approximate surface area is 125 Å². The summed E-state index contributed by atoms with van der Waals surface area (Å²) in [6.07, 6.45) is 0. The van der Waals surface area contributed by atoms with Crippen molar-refractivity contribution >= 4 is 17.4 Å². The summed E-state index contributed by atoms with van der Waals surface area (Å²) in [5.41, 5.74) is 7.18. The second-order valence-electron chi connectivity index (χ2n) is 5.60. The number of hydrogen-bond acceptors (Lipinski definition) is 4. The van der Waals surface area contributed by atoms with Crippen LogP contribution in [0.3, 0.4) is 0 Å². The van der Waals surface area contributed by atoms with Crippen molar-refractivity contribution in [2.75, 3.05) is 20.6 Å². The fourth-order valence-corrected chi connectivity index (χ4v) is 1.82. The lowest BCUT2D eigenvalue weighted by molar-refractivity contribution is 0.190. The van der Waals surface area contributed by atoms with Crippen molar-refractivity contribution in [3.8, 4) is 0 Å². The molecule has 20 heavy (non-hydrogen) atoms. The zero-order valence-electron chi connectivity index (χ0n) is 12.4. The van der Waals surface area contributed by atoms with Crippen LogP contribution in [0.2, 0.25) is 5.02 Å². The van der Waals surface area contributed by atoms with E-state index in [2.05, 4.69) is 43.3 Å². The Bertz CT molecular complexity index is 486. The summed E-state index contributed by atoms with van der Waals surface area (Å²) < 4.78 is 0. The molecule has 1 aromatic carbocycles. The largest absolute Gasteiger partial charge is 0.409 e. The standard InChI is InChI=1S/C14H23ClN4O/c1-14(2,19(3)4)9-17-8-11-6-5-10(7-12(11)15)13(16)18-20/h5-7,17,20H,8-9H2,1-4H3,(H2,16,18). The van der Waals surface area contributed by atoms with Gasteiger partial charge < -0.3 is 21.2 Å². The maximum atomic E-state index is 8.63. The fraction of sp³-hybridized carbons (Fsp3) is 0.500. The van der Waals surface area contributed by atoms with Crippen LogP contribution in [0.1, 0.15) is 25.0 Å². The van der Waals surface area contributed by atoms with E-state index in [1.165, 1.54) is 0 Å². The number of benzene rings is 1. The highest BCUT2D eigenvalue weighted by Gasteiger charge is 2.19. The Kier molecular flexibility index (Phi) is 5.80. The number of likely N-dealkylation sites (N-methyl/N-ethyl adjacent to an activating group) is 1.